The Labute approximate surface area is 85.1 Å². The van der Waals surface area contributed by atoms with E-state index in [1.165, 1.54) is 0 Å². The number of hydrogen-bond acceptors (Lipinski definition) is 3. The summed E-state index contributed by atoms with van der Waals surface area (Å²) in [6.07, 6.45) is 0. The fourth-order valence-corrected chi connectivity index (χ4v) is 1.31. The second-order valence-corrected chi connectivity index (χ2v) is 3.27. The lowest BCUT2D eigenvalue weighted by molar-refractivity contribution is -0.379. The highest BCUT2D eigenvalue weighted by Crippen LogP contribution is 2.32. The highest BCUT2D eigenvalue weighted by Gasteiger charge is 2.17. The van der Waals surface area contributed by atoms with Crippen LogP contribution in [0.15, 0.2) is 22.7 Å². The number of H-pyrrole nitrogens is 1. The Balaban J connectivity index is 2.57. The number of nitrogens with zero attached hydrogens (tertiary/aromatic N) is 1. The highest BCUT2D eigenvalue weighted by molar-refractivity contribution is 6.32. The van der Waals surface area contributed by atoms with Gasteiger partial charge in [-0.2, -0.15) is 0 Å². The molecule has 1 heterocycles. The Hall–Kier alpha value is -1.55. The average molecular weight is 212 g/mol. The number of benzene rings is 1. The van der Waals surface area contributed by atoms with Crippen molar-refractivity contribution in [2.45, 2.75) is 6.92 Å². The van der Waals surface area contributed by atoms with Gasteiger partial charge in [0.1, 0.15) is 11.3 Å². The van der Waals surface area contributed by atoms with Crippen LogP contribution >= 0.6 is 11.6 Å². The Morgan fingerprint density at radius 1 is 1.50 bits per heavy atom. The van der Waals surface area contributed by atoms with Gasteiger partial charge in [0.25, 0.3) is 0 Å². The predicted octanol–water partition coefficient (Wildman–Crippen LogP) is 1.82. The standard InChI is InChI=1S/C9H7ClN2O2/c1-5-11-9(14-12-5)6-3-2-4-7(10)8(6)13/h2-4,13H,1H3/p+1. The second kappa shape index (κ2) is 3.31. The van der Waals surface area contributed by atoms with Crippen molar-refractivity contribution in [2.75, 3.05) is 0 Å². The summed E-state index contributed by atoms with van der Waals surface area (Å²) in [4.78, 5) is 2.86. The van der Waals surface area contributed by atoms with E-state index in [9.17, 15) is 5.11 Å². The molecule has 2 N–H and O–H groups in total. The van der Waals surface area contributed by atoms with Crippen molar-refractivity contribution in [1.82, 2.24) is 5.16 Å². The lowest BCUT2D eigenvalue weighted by Gasteiger charge is -1.98. The van der Waals surface area contributed by atoms with E-state index < -0.39 is 0 Å². The molecule has 0 bridgehead atoms. The van der Waals surface area contributed by atoms with Crippen molar-refractivity contribution < 1.29 is 14.6 Å². The summed E-state index contributed by atoms with van der Waals surface area (Å²) < 4.78 is 4.96. The van der Waals surface area contributed by atoms with Crippen LogP contribution in [0.2, 0.25) is 5.02 Å². The maximum absolute atomic E-state index is 9.62. The number of phenolic OH excluding ortho intramolecular Hbond substituents is 1. The number of aromatic amines is 1. The number of aryl methyl sites for hydroxylation is 1. The van der Waals surface area contributed by atoms with Gasteiger partial charge in [-0.1, -0.05) is 17.7 Å². The molecular weight excluding hydrogens is 204 g/mol. The SMILES string of the molecule is Cc1noc(-c2cccc(Cl)c2O)[nH+]1. The molecule has 0 aliphatic heterocycles. The molecule has 1 aromatic heterocycles. The molecule has 0 saturated carbocycles. The van der Waals surface area contributed by atoms with Crippen LogP contribution in [-0.2, 0) is 0 Å². The van der Waals surface area contributed by atoms with Crippen molar-refractivity contribution in [2.24, 2.45) is 0 Å². The summed E-state index contributed by atoms with van der Waals surface area (Å²) in [5, 5.41) is 13.6. The molecule has 0 saturated heterocycles. The summed E-state index contributed by atoms with van der Waals surface area (Å²) in [6.45, 7) is 1.76. The molecule has 72 valence electrons. The number of halogens is 1. The van der Waals surface area contributed by atoms with E-state index in [0.29, 0.717) is 17.3 Å². The monoisotopic (exact) mass is 211 g/mol. The van der Waals surface area contributed by atoms with Crippen LogP contribution < -0.4 is 4.98 Å². The second-order valence-electron chi connectivity index (χ2n) is 2.86. The quantitative estimate of drug-likeness (QED) is 0.783. The van der Waals surface area contributed by atoms with Gasteiger partial charge in [-0.15, -0.1) is 0 Å². The minimum Gasteiger partial charge on any atom is -0.505 e. The molecule has 4 nitrogen and oxygen atoms in total. The van der Waals surface area contributed by atoms with E-state index in [-0.39, 0.29) is 10.8 Å². The lowest BCUT2D eigenvalue weighted by atomic mass is 10.2. The zero-order valence-corrected chi connectivity index (χ0v) is 8.17. The fraction of sp³-hybridized carbons (Fsp3) is 0.111. The Kier molecular flexibility index (Phi) is 2.13. The van der Waals surface area contributed by atoms with Crippen LogP contribution in [0.25, 0.3) is 11.5 Å². The number of para-hydroxylation sites is 1. The van der Waals surface area contributed by atoms with Gasteiger partial charge in [0.05, 0.1) is 5.02 Å². The van der Waals surface area contributed by atoms with E-state index in [2.05, 4.69) is 10.1 Å². The zero-order chi connectivity index (χ0) is 10.1. The van der Waals surface area contributed by atoms with Crippen molar-refractivity contribution in [3.63, 3.8) is 0 Å². The molecule has 0 atom stereocenters. The van der Waals surface area contributed by atoms with E-state index in [1.807, 2.05) is 0 Å². The molecule has 2 aromatic rings. The number of hydrogen-bond donors (Lipinski definition) is 1. The van der Waals surface area contributed by atoms with Crippen LogP contribution in [0.3, 0.4) is 0 Å². The van der Waals surface area contributed by atoms with E-state index in [0.717, 1.165) is 0 Å². The molecule has 0 fully saturated rings. The summed E-state index contributed by atoms with van der Waals surface area (Å²) in [7, 11) is 0. The van der Waals surface area contributed by atoms with Gasteiger partial charge in [-0.05, 0) is 12.1 Å². The predicted molar refractivity (Wildman–Crippen MR) is 49.9 cm³/mol. The Morgan fingerprint density at radius 2 is 2.29 bits per heavy atom. The summed E-state index contributed by atoms with van der Waals surface area (Å²) in [6, 6.07) is 5.02. The molecule has 5 heteroatoms. The van der Waals surface area contributed by atoms with Crippen molar-refractivity contribution >= 4 is 11.6 Å². The number of rotatable bonds is 1. The number of aromatic hydroxyl groups is 1. The smallest absolute Gasteiger partial charge is 0.350 e. The maximum Gasteiger partial charge on any atom is 0.350 e. The molecule has 0 aliphatic carbocycles. The molecular formula is C9H8ClN2O2+. The number of aromatic nitrogens is 2. The van der Waals surface area contributed by atoms with Crippen molar-refractivity contribution in [3.8, 4) is 17.2 Å². The van der Waals surface area contributed by atoms with Crippen LogP contribution in [0.1, 0.15) is 5.82 Å². The first-order valence-electron chi connectivity index (χ1n) is 4.02. The topological polar surface area (TPSA) is 60.4 Å². The lowest BCUT2D eigenvalue weighted by Crippen LogP contribution is -2.04. The van der Waals surface area contributed by atoms with Gasteiger partial charge < -0.3 is 5.11 Å². The largest absolute Gasteiger partial charge is 0.505 e. The molecule has 0 amide bonds. The van der Waals surface area contributed by atoms with Crippen LogP contribution in [0.4, 0.5) is 0 Å². The Morgan fingerprint density at radius 3 is 2.93 bits per heavy atom. The van der Waals surface area contributed by atoms with E-state index >= 15 is 0 Å². The van der Waals surface area contributed by atoms with E-state index in [1.54, 1.807) is 25.1 Å². The maximum atomic E-state index is 9.62. The van der Waals surface area contributed by atoms with Gasteiger partial charge in [-0.3, -0.25) is 0 Å². The normalized spacial score (nSPS) is 10.4. The fourth-order valence-electron chi connectivity index (χ4n) is 1.14. The molecule has 14 heavy (non-hydrogen) atoms. The highest BCUT2D eigenvalue weighted by atomic mass is 35.5. The van der Waals surface area contributed by atoms with Crippen LogP contribution in [-0.4, -0.2) is 10.3 Å². The van der Waals surface area contributed by atoms with Crippen molar-refractivity contribution in [1.29, 1.82) is 0 Å². The molecule has 2 rings (SSSR count). The van der Waals surface area contributed by atoms with Crippen LogP contribution in [0.5, 0.6) is 5.75 Å². The summed E-state index contributed by atoms with van der Waals surface area (Å²) in [5.41, 5.74) is 0.498. The first-order chi connectivity index (χ1) is 6.68. The third-order valence-electron chi connectivity index (χ3n) is 1.80. The summed E-state index contributed by atoms with van der Waals surface area (Å²) in [5.74, 6) is 1.02. The van der Waals surface area contributed by atoms with Gasteiger partial charge >= 0.3 is 11.7 Å². The zero-order valence-electron chi connectivity index (χ0n) is 7.41. The third kappa shape index (κ3) is 1.44. The summed E-state index contributed by atoms with van der Waals surface area (Å²) >= 11 is 5.74. The first-order valence-corrected chi connectivity index (χ1v) is 4.39. The molecule has 0 unspecified atom stereocenters. The minimum atomic E-state index is -0.0124. The molecule has 1 aromatic carbocycles. The van der Waals surface area contributed by atoms with Gasteiger partial charge in [0, 0.05) is 6.92 Å². The van der Waals surface area contributed by atoms with Crippen molar-refractivity contribution in [3.05, 3.63) is 29.0 Å². The average Bonchev–Trinajstić information content (AvgIpc) is 2.57. The molecule has 0 radical (unpaired) electrons. The minimum absolute atomic E-state index is 0.0124. The van der Waals surface area contributed by atoms with E-state index in [4.69, 9.17) is 16.1 Å². The van der Waals surface area contributed by atoms with Gasteiger partial charge in [-0.25, -0.2) is 9.51 Å². The van der Waals surface area contributed by atoms with Crippen LogP contribution in [0, 0.1) is 6.92 Å². The number of phenols is 1. The molecule has 0 aliphatic rings. The first kappa shape index (κ1) is 9.02. The number of nitrogens with one attached hydrogen (secondary N) is 1. The van der Waals surface area contributed by atoms with Gasteiger partial charge in [0.2, 0.25) is 0 Å². The molecule has 0 spiro atoms. The Bertz CT molecular complexity index is 468. The third-order valence-corrected chi connectivity index (χ3v) is 2.10. The van der Waals surface area contributed by atoms with Gasteiger partial charge in [0.15, 0.2) is 5.16 Å².